The van der Waals surface area contributed by atoms with Crippen molar-refractivity contribution in [3.63, 3.8) is 0 Å². The van der Waals surface area contributed by atoms with Crippen molar-refractivity contribution in [3.8, 4) is 0 Å². The topological polar surface area (TPSA) is 9.72 Å². The highest BCUT2D eigenvalue weighted by atomic mass is 15.3. The van der Waals surface area contributed by atoms with Crippen molar-refractivity contribution in [2.45, 2.75) is 25.4 Å². The lowest BCUT2D eigenvalue weighted by Gasteiger charge is -2.38. The first-order valence-corrected chi connectivity index (χ1v) is 9.69. The minimum atomic E-state index is 0.683. The molecular formula is C22H29N3. The van der Waals surface area contributed by atoms with Gasteiger partial charge in [-0.3, -0.25) is 9.80 Å². The summed E-state index contributed by atoms with van der Waals surface area (Å²) >= 11 is 0. The molecule has 2 saturated heterocycles. The lowest BCUT2D eigenvalue weighted by Crippen LogP contribution is -2.50. The summed E-state index contributed by atoms with van der Waals surface area (Å²) in [5.74, 6) is 0. The zero-order chi connectivity index (χ0) is 16.9. The van der Waals surface area contributed by atoms with Gasteiger partial charge in [-0.25, -0.2) is 0 Å². The molecule has 0 spiro atoms. The molecule has 3 nitrogen and oxygen atoms in total. The number of rotatable bonds is 5. The maximum atomic E-state index is 2.67. The summed E-state index contributed by atoms with van der Waals surface area (Å²) < 4.78 is 0. The average Bonchev–Trinajstić information content (AvgIpc) is 3.13. The molecule has 0 radical (unpaired) electrons. The Kier molecular flexibility index (Phi) is 5.34. The van der Waals surface area contributed by atoms with E-state index in [1.165, 1.54) is 63.4 Å². The highest BCUT2D eigenvalue weighted by Gasteiger charge is 2.28. The molecule has 0 aliphatic carbocycles. The Morgan fingerprint density at radius 1 is 0.720 bits per heavy atom. The summed E-state index contributed by atoms with van der Waals surface area (Å²) in [5, 5.41) is 0. The van der Waals surface area contributed by atoms with E-state index < -0.39 is 0 Å². The molecule has 0 bridgehead atoms. The van der Waals surface area contributed by atoms with Gasteiger partial charge in [-0.1, -0.05) is 48.5 Å². The van der Waals surface area contributed by atoms with Gasteiger partial charge in [0.25, 0.3) is 0 Å². The second kappa shape index (κ2) is 8.03. The highest BCUT2D eigenvalue weighted by Crippen LogP contribution is 2.26. The largest absolute Gasteiger partial charge is 0.367 e. The molecule has 0 N–H and O–H groups in total. The van der Waals surface area contributed by atoms with E-state index >= 15 is 0 Å². The minimum absolute atomic E-state index is 0.683. The molecule has 2 aliphatic heterocycles. The molecule has 132 valence electrons. The van der Waals surface area contributed by atoms with Gasteiger partial charge in [0, 0.05) is 57.5 Å². The number of para-hydroxylation sites is 1. The molecular weight excluding hydrogens is 306 g/mol. The van der Waals surface area contributed by atoms with Gasteiger partial charge in [0.15, 0.2) is 0 Å². The Morgan fingerprint density at radius 2 is 1.36 bits per heavy atom. The first-order valence-electron chi connectivity index (χ1n) is 9.69. The molecule has 2 aromatic carbocycles. The monoisotopic (exact) mass is 335 g/mol. The third kappa shape index (κ3) is 4.23. The van der Waals surface area contributed by atoms with E-state index in [4.69, 9.17) is 0 Å². The van der Waals surface area contributed by atoms with Gasteiger partial charge in [0.2, 0.25) is 0 Å². The van der Waals surface area contributed by atoms with E-state index in [0.717, 1.165) is 6.54 Å². The standard InChI is InChI=1S/C22H29N3/c1-3-8-20(9-4-1)18-23-14-16-24(17-15-23)19-22-12-7-13-25(22)21-10-5-2-6-11-21/h1-6,8-11,22H,7,12-19H2. The van der Waals surface area contributed by atoms with Crippen LogP contribution in [-0.4, -0.2) is 55.1 Å². The molecule has 2 heterocycles. The van der Waals surface area contributed by atoms with Gasteiger partial charge in [0.05, 0.1) is 0 Å². The molecule has 1 unspecified atom stereocenters. The predicted molar refractivity (Wildman–Crippen MR) is 105 cm³/mol. The number of benzene rings is 2. The van der Waals surface area contributed by atoms with E-state index in [0.29, 0.717) is 6.04 Å². The van der Waals surface area contributed by atoms with Crippen molar-refractivity contribution >= 4 is 5.69 Å². The van der Waals surface area contributed by atoms with Crippen molar-refractivity contribution in [1.82, 2.24) is 9.80 Å². The van der Waals surface area contributed by atoms with Crippen LogP contribution in [0.3, 0.4) is 0 Å². The van der Waals surface area contributed by atoms with Crippen LogP contribution in [0.5, 0.6) is 0 Å². The van der Waals surface area contributed by atoms with Gasteiger partial charge in [0.1, 0.15) is 0 Å². The quantitative estimate of drug-likeness (QED) is 0.828. The molecule has 1 atom stereocenters. The van der Waals surface area contributed by atoms with Crippen LogP contribution < -0.4 is 4.90 Å². The number of piperazine rings is 1. The Balaban J connectivity index is 1.28. The van der Waals surface area contributed by atoms with Crippen LogP contribution in [0.1, 0.15) is 18.4 Å². The van der Waals surface area contributed by atoms with E-state index in [1.54, 1.807) is 0 Å². The van der Waals surface area contributed by atoms with Gasteiger partial charge < -0.3 is 4.90 Å². The summed E-state index contributed by atoms with van der Waals surface area (Å²) in [6.07, 6.45) is 2.66. The molecule has 25 heavy (non-hydrogen) atoms. The Morgan fingerprint density at radius 3 is 2.08 bits per heavy atom. The minimum Gasteiger partial charge on any atom is -0.367 e. The van der Waals surface area contributed by atoms with Gasteiger partial charge in [-0.15, -0.1) is 0 Å². The summed E-state index contributed by atoms with van der Waals surface area (Å²) in [6, 6.07) is 22.5. The van der Waals surface area contributed by atoms with Crippen LogP contribution in [0.15, 0.2) is 60.7 Å². The fourth-order valence-corrected chi connectivity index (χ4v) is 4.25. The zero-order valence-corrected chi connectivity index (χ0v) is 15.1. The van der Waals surface area contributed by atoms with Gasteiger partial charge in [-0.2, -0.15) is 0 Å². The number of nitrogens with zero attached hydrogens (tertiary/aromatic N) is 3. The normalized spacial score (nSPS) is 22.4. The second-order valence-corrected chi connectivity index (χ2v) is 7.39. The molecule has 2 fully saturated rings. The van der Waals surface area contributed by atoms with E-state index in [-0.39, 0.29) is 0 Å². The smallest absolute Gasteiger partial charge is 0.0417 e. The van der Waals surface area contributed by atoms with Crippen LogP contribution in [0.25, 0.3) is 0 Å². The fraction of sp³-hybridized carbons (Fsp3) is 0.455. The van der Waals surface area contributed by atoms with Crippen molar-refractivity contribution in [1.29, 1.82) is 0 Å². The molecule has 3 heteroatoms. The SMILES string of the molecule is c1ccc(CN2CCN(CC3CCCN3c3ccccc3)CC2)cc1. The van der Waals surface area contributed by atoms with Crippen molar-refractivity contribution in [3.05, 3.63) is 66.2 Å². The Hall–Kier alpha value is -1.84. The Labute approximate surface area is 151 Å². The molecule has 0 amide bonds. The first kappa shape index (κ1) is 16.6. The second-order valence-electron chi connectivity index (χ2n) is 7.39. The third-order valence-corrected chi connectivity index (χ3v) is 5.65. The number of anilines is 1. The predicted octanol–water partition coefficient (Wildman–Crippen LogP) is 3.47. The lowest BCUT2D eigenvalue weighted by molar-refractivity contribution is 0.122. The van der Waals surface area contributed by atoms with Crippen LogP contribution in [0.2, 0.25) is 0 Å². The summed E-state index contributed by atoms with van der Waals surface area (Å²) in [6.45, 7) is 8.29. The number of hydrogen-bond donors (Lipinski definition) is 0. The molecule has 4 rings (SSSR count). The maximum absolute atomic E-state index is 2.67. The lowest BCUT2D eigenvalue weighted by atomic mass is 10.1. The average molecular weight is 335 g/mol. The summed E-state index contributed by atoms with van der Waals surface area (Å²) in [4.78, 5) is 7.89. The first-order chi connectivity index (χ1) is 12.4. The molecule has 2 aliphatic rings. The van der Waals surface area contributed by atoms with Crippen molar-refractivity contribution < 1.29 is 0 Å². The van der Waals surface area contributed by atoms with E-state index in [2.05, 4.69) is 75.4 Å². The van der Waals surface area contributed by atoms with Crippen LogP contribution in [0.4, 0.5) is 5.69 Å². The fourth-order valence-electron chi connectivity index (χ4n) is 4.25. The number of hydrogen-bond acceptors (Lipinski definition) is 3. The van der Waals surface area contributed by atoms with Gasteiger partial charge in [-0.05, 0) is 30.5 Å². The maximum Gasteiger partial charge on any atom is 0.0417 e. The van der Waals surface area contributed by atoms with Crippen molar-refractivity contribution in [2.75, 3.05) is 44.2 Å². The summed E-state index contributed by atoms with van der Waals surface area (Å²) in [7, 11) is 0. The van der Waals surface area contributed by atoms with Crippen LogP contribution in [0, 0.1) is 0 Å². The molecule has 2 aromatic rings. The van der Waals surface area contributed by atoms with E-state index in [1.807, 2.05) is 0 Å². The van der Waals surface area contributed by atoms with Gasteiger partial charge >= 0.3 is 0 Å². The van der Waals surface area contributed by atoms with Crippen LogP contribution >= 0.6 is 0 Å². The Bertz CT molecular complexity index is 635. The van der Waals surface area contributed by atoms with Crippen molar-refractivity contribution in [2.24, 2.45) is 0 Å². The third-order valence-electron chi connectivity index (χ3n) is 5.65. The van der Waals surface area contributed by atoms with E-state index in [9.17, 15) is 0 Å². The zero-order valence-electron chi connectivity index (χ0n) is 15.1. The summed E-state index contributed by atoms with van der Waals surface area (Å²) in [5.41, 5.74) is 2.83. The molecule has 0 saturated carbocycles. The molecule has 0 aromatic heterocycles. The van der Waals surface area contributed by atoms with Crippen LogP contribution in [-0.2, 0) is 6.54 Å². The highest BCUT2D eigenvalue weighted by molar-refractivity contribution is 5.48.